The van der Waals surface area contributed by atoms with E-state index in [2.05, 4.69) is 5.28 Å². The van der Waals surface area contributed by atoms with Crippen molar-refractivity contribution in [2.45, 2.75) is 6.61 Å². The summed E-state index contributed by atoms with van der Waals surface area (Å²) in [5.41, 5.74) is 0.912. The van der Waals surface area contributed by atoms with Crippen molar-refractivity contribution in [2.24, 2.45) is 5.28 Å². The molecular formula is C12H15N4O4-. The maximum Gasteiger partial charge on any atom is 0.410 e. The first-order valence-electron chi connectivity index (χ1n) is 6.21. The van der Waals surface area contributed by atoms with Gasteiger partial charge in [-0.3, -0.25) is 0 Å². The predicted molar refractivity (Wildman–Crippen MR) is 69.2 cm³/mol. The molecule has 2 rings (SSSR count). The summed E-state index contributed by atoms with van der Waals surface area (Å²) in [6.07, 6.45) is -0.426. The van der Waals surface area contributed by atoms with Gasteiger partial charge in [0.1, 0.15) is 6.61 Å². The summed E-state index contributed by atoms with van der Waals surface area (Å²) in [4.78, 5) is 13.3. The van der Waals surface area contributed by atoms with E-state index in [9.17, 15) is 15.2 Å². The molecule has 0 bridgehead atoms. The smallest absolute Gasteiger partial charge is 0.410 e. The molecule has 0 N–H and O–H groups in total. The largest absolute Gasteiger partial charge is 0.737 e. The number of hydrazine groups is 1. The third-order valence-electron chi connectivity index (χ3n) is 3.03. The quantitative estimate of drug-likeness (QED) is 0.472. The molecule has 1 fully saturated rings. The van der Waals surface area contributed by atoms with Crippen LogP contribution in [-0.4, -0.2) is 47.2 Å². The van der Waals surface area contributed by atoms with Gasteiger partial charge in [0, 0.05) is 18.1 Å². The number of carbonyl (C=O) groups excluding carboxylic acids is 1. The van der Waals surface area contributed by atoms with Crippen LogP contribution < -0.4 is 0 Å². The van der Waals surface area contributed by atoms with Gasteiger partial charge in [-0.2, -0.15) is 0 Å². The average Bonchev–Trinajstić information content (AvgIpc) is 2.53. The van der Waals surface area contributed by atoms with E-state index in [1.165, 1.54) is 9.91 Å². The Balaban J connectivity index is 1.77. The number of benzene rings is 1. The van der Waals surface area contributed by atoms with Crippen LogP contribution in [0.15, 0.2) is 35.6 Å². The molecule has 1 saturated heterocycles. The lowest BCUT2D eigenvalue weighted by atomic mass is 10.2. The molecule has 1 aliphatic rings. The second-order valence-corrected chi connectivity index (χ2v) is 4.32. The highest BCUT2D eigenvalue weighted by atomic mass is 16.6. The first kappa shape index (κ1) is 13.9. The highest BCUT2D eigenvalue weighted by molar-refractivity contribution is 5.67. The molecule has 0 radical (unpaired) electrons. The van der Waals surface area contributed by atoms with Crippen LogP contribution in [0.3, 0.4) is 0 Å². The number of piperazine rings is 1. The summed E-state index contributed by atoms with van der Waals surface area (Å²) in [5.74, 6) is 0. The second kappa shape index (κ2) is 6.60. The Hall–Kier alpha value is -2.51. The molecule has 1 aromatic rings. The van der Waals surface area contributed by atoms with Gasteiger partial charge in [-0.15, -0.1) is 5.01 Å². The minimum absolute atomic E-state index is 0.00659. The fourth-order valence-electron chi connectivity index (χ4n) is 1.91. The van der Waals surface area contributed by atoms with Gasteiger partial charge in [-0.1, -0.05) is 30.3 Å². The topological polar surface area (TPSA) is 94.3 Å². The number of ether oxygens (including phenoxy) is 1. The fourth-order valence-corrected chi connectivity index (χ4v) is 1.91. The SMILES string of the molecule is O=C(OCc1ccccc1)N1CCN(/[N+]([O-])=N/[O-])CC1. The normalized spacial score (nSPS) is 16.1. The Morgan fingerprint density at radius 1 is 1.25 bits per heavy atom. The Kier molecular flexibility index (Phi) is 4.59. The Labute approximate surface area is 116 Å². The minimum Gasteiger partial charge on any atom is -0.737 e. The van der Waals surface area contributed by atoms with E-state index >= 15 is 0 Å². The molecule has 1 amide bonds. The van der Waals surface area contributed by atoms with E-state index in [4.69, 9.17) is 4.74 Å². The number of hydrogen-bond donors (Lipinski definition) is 0. The standard InChI is InChI=1S/C12H16N4O4/c17-12(20-10-11-4-2-1-3-5-11)14-6-8-15(9-7-14)16(19)13-18/h1-5,18H,6-10H2/p-1/b16-13-. The molecule has 0 atom stereocenters. The molecule has 1 aliphatic heterocycles. The molecule has 0 unspecified atom stereocenters. The first-order valence-corrected chi connectivity index (χ1v) is 6.21. The fraction of sp³-hybridized carbons (Fsp3) is 0.417. The summed E-state index contributed by atoms with van der Waals surface area (Å²) in [6.45, 7) is 1.37. The van der Waals surface area contributed by atoms with Crippen molar-refractivity contribution in [3.05, 3.63) is 46.3 Å². The lowest BCUT2D eigenvalue weighted by Gasteiger charge is -2.31. The molecule has 0 aromatic heterocycles. The molecule has 1 aromatic carbocycles. The van der Waals surface area contributed by atoms with Crippen molar-refractivity contribution in [1.29, 1.82) is 0 Å². The van der Waals surface area contributed by atoms with E-state index in [1.54, 1.807) is 0 Å². The van der Waals surface area contributed by atoms with Crippen LogP contribution in [0.25, 0.3) is 0 Å². The zero-order chi connectivity index (χ0) is 14.4. The van der Waals surface area contributed by atoms with Crippen molar-refractivity contribution in [1.82, 2.24) is 9.91 Å². The zero-order valence-corrected chi connectivity index (χ0v) is 10.8. The van der Waals surface area contributed by atoms with E-state index in [0.717, 1.165) is 5.56 Å². The number of amides is 1. The third kappa shape index (κ3) is 3.50. The molecule has 8 nitrogen and oxygen atoms in total. The van der Waals surface area contributed by atoms with Crippen LogP contribution >= 0.6 is 0 Å². The molecule has 0 saturated carbocycles. The van der Waals surface area contributed by atoms with Gasteiger partial charge >= 0.3 is 6.09 Å². The van der Waals surface area contributed by atoms with Gasteiger partial charge in [-0.05, 0) is 10.8 Å². The van der Waals surface area contributed by atoms with Gasteiger partial charge < -0.3 is 20.1 Å². The van der Waals surface area contributed by atoms with Gasteiger partial charge in [0.15, 0.2) is 0 Å². The molecule has 0 spiro atoms. The van der Waals surface area contributed by atoms with Gasteiger partial charge in [0.2, 0.25) is 0 Å². The second-order valence-electron chi connectivity index (χ2n) is 4.32. The summed E-state index contributed by atoms with van der Waals surface area (Å²) >= 11 is 0. The Bertz CT molecular complexity index is 472. The highest BCUT2D eigenvalue weighted by Gasteiger charge is 2.25. The van der Waals surface area contributed by atoms with Crippen LogP contribution in [0.4, 0.5) is 4.79 Å². The third-order valence-corrected chi connectivity index (χ3v) is 3.03. The summed E-state index contributed by atoms with van der Waals surface area (Å²) in [6, 6.07) is 9.38. The monoisotopic (exact) mass is 279 g/mol. The molecule has 20 heavy (non-hydrogen) atoms. The average molecular weight is 279 g/mol. The lowest BCUT2D eigenvalue weighted by molar-refractivity contribution is -0.692. The van der Waals surface area contributed by atoms with Crippen LogP contribution in [0.5, 0.6) is 0 Å². The maximum absolute atomic E-state index is 11.8. The van der Waals surface area contributed by atoms with Crippen molar-refractivity contribution in [3.63, 3.8) is 0 Å². The van der Waals surface area contributed by atoms with Crippen molar-refractivity contribution in [2.75, 3.05) is 26.2 Å². The van der Waals surface area contributed by atoms with Crippen molar-refractivity contribution < 1.29 is 14.5 Å². The van der Waals surface area contributed by atoms with Gasteiger partial charge in [0.25, 0.3) is 0 Å². The summed E-state index contributed by atoms with van der Waals surface area (Å²) < 4.78 is 5.18. The van der Waals surface area contributed by atoms with E-state index < -0.39 is 6.09 Å². The van der Waals surface area contributed by atoms with Gasteiger partial charge in [0.05, 0.1) is 13.1 Å². The van der Waals surface area contributed by atoms with Crippen LogP contribution in [0, 0.1) is 10.4 Å². The van der Waals surface area contributed by atoms with Crippen molar-refractivity contribution in [3.8, 4) is 0 Å². The van der Waals surface area contributed by atoms with E-state index in [1.807, 2.05) is 30.3 Å². The molecule has 8 heteroatoms. The van der Waals surface area contributed by atoms with Crippen LogP contribution in [0.1, 0.15) is 5.56 Å². The Morgan fingerprint density at radius 3 is 2.50 bits per heavy atom. The molecule has 1 heterocycles. The molecule has 0 aliphatic carbocycles. The summed E-state index contributed by atoms with van der Waals surface area (Å²) in [5, 5.41) is 24.6. The number of rotatable bonds is 3. The number of nitrogens with zero attached hydrogens (tertiary/aromatic N) is 4. The zero-order valence-electron chi connectivity index (χ0n) is 10.8. The first-order chi connectivity index (χ1) is 9.70. The predicted octanol–water partition coefficient (Wildman–Crippen LogP) is 1.32. The molecular weight excluding hydrogens is 264 g/mol. The summed E-state index contributed by atoms with van der Waals surface area (Å²) in [7, 11) is 0. The van der Waals surface area contributed by atoms with E-state index in [0.29, 0.717) is 13.1 Å². The van der Waals surface area contributed by atoms with Crippen LogP contribution in [0.2, 0.25) is 0 Å². The highest BCUT2D eigenvalue weighted by Crippen LogP contribution is 2.07. The number of carbonyl (C=O) groups is 1. The van der Waals surface area contributed by atoms with Crippen LogP contribution in [-0.2, 0) is 11.3 Å². The van der Waals surface area contributed by atoms with Gasteiger partial charge in [-0.25, -0.2) is 4.79 Å². The minimum atomic E-state index is -0.426. The maximum atomic E-state index is 11.8. The molecule has 108 valence electrons. The Morgan fingerprint density at radius 2 is 1.90 bits per heavy atom. The number of hydrogen-bond acceptors (Lipinski definition) is 5. The van der Waals surface area contributed by atoms with Crippen molar-refractivity contribution >= 4 is 6.09 Å². The lowest BCUT2D eigenvalue weighted by Crippen LogP contribution is -2.50. The van der Waals surface area contributed by atoms with E-state index in [-0.39, 0.29) is 24.7 Å².